The van der Waals surface area contributed by atoms with Crippen LogP contribution in [0.2, 0.25) is 5.02 Å². The highest BCUT2D eigenvalue weighted by Crippen LogP contribution is 2.42. The molecule has 0 atom stereocenters. The van der Waals surface area contributed by atoms with Crippen molar-refractivity contribution in [2.45, 2.75) is 6.92 Å². The van der Waals surface area contributed by atoms with Crippen molar-refractivity contribution in [1.82, 2.24) is 0 Å². The van der Waals surface area contributed by atoms with Gasteiger partial charge in [-0.05, 0) is 42.3 Å². The Morgan fingerprint density at radius 1 is 1.10 bits per heavy atom. The Labute approximate surface area is 127 Å². The molecule has 0 aliphatic carbocycles. The Bertz CT molecular complexity index is 695. The van der Waals surface area contributed by atoms with Gasteiger partial charge in [-0.25, -0.2) is 4.79 Å². The molecule has 0 fully saturated rings. The third-order valence-corrected chi connectivity index (χ3v) is 3.62. The monoisotopic (exact) mass is 306 g/mol. The minimum atomic E-state index is -0.977. The molecule has 0 bridgehead atoms. The number of aryl methyl sites for hydroxylation is 1. The van der Waals surface area contributed by atoms with E-state index in [0.29, 0.717) is 16.5 Å². The fourth-order valence-electron chi connectivity index (χ4n) is 2.15. The van der Waals surface area contributed by atoms with E-state index < -0.39 is 5.97 Å². The highest BCUT2D eigenvalue weighted by Gasteiger charge is 2.17. The molecule has 0 unspecified atom stereocenters. The lowest BCUT2D eigenvalue weighted by atomic mass is 9.97. The fraction of sp³-hybridized carbons (Fsp3) is 0.188. The predicted octanol–water partition coefficient (Wildman–Crippen LogP) is 4.03. The van der Waals surface area contributed by atoms with E-state index in [1.807, 2.05) is 6.92 Å². The molecule has 0 saturated carbocycles. The third-order valence-electron chi connectivity index (χ3n) is 3.26. The summed E-state index contributed by atoms with van der Waals surface area (Å²) in [5.74, 6) is -0.0132. The zero-order valence-corrected chi connectivity index (χ0v) is 12.7. The molecule has 0 spiro atoms. The lowest BCUT2D eigenvalue weighted by Crippen LogP contribution is -1.99. The minimum absolute atomic E-state index is 0.213. The average molecular weight is 307 g/mol. The SMILES string of the molecule is COc1ccc(-c2cc(C(=O)O)ccc2C)c(OC)c1Cl. The molecule has 4 nitrogen and oxygen atoms in total. The third kappa shape index (κ3) is 2.81. The largest absolute Gasteiger partial charge is 0.495 e. The molecule has 2 aromatic rings. The molecule has 5 heteroatoms. The maximum atomic E-state index is 11.1. The van der Waals surface area contributed by atoms with Gasteiger partial charge in [0.1, 0.15) is 16.5 Å². The van der Waals surface area contributed by atoms with Gasteiger partial charge >= 0.3 is 5.97 Å². The van der Waals surface area contributed by atoms with Gasteiger partial charge in [-0.15, -0.1) is 0 Å². The Kier molecular flexibility index (Phi) is 4.38. The molecule has 0 heterocycles. The van der Waals surface area contributed by atoms with Crippen LogP contribution in [0.5, 0.6) is 11.5 Å². The van der Waals surface area contributed by atoms with Gasteiger partial charge < -0.3 is 14.6 Å². The molecular weight excluding hydrogens is 292 g/mol. The first-order chi connectivity index (χ1) is 9.99. The quantitative estimate of drug-likeness (QED) is 0.926. The van der Waals surface area contributed by atoms with E-state index in [2.05, 4.69) is 0 Å². The van der Waals surface area contributed by atoms with Gasteiger partial charge in [0.05, 0.1) is 19.8 Å². The summed E-state index contributed by atoms with van der Waals surface area (Å²) in [6, 6.07) is 8.47. The summed E-state index contributed by atoms with van der Waals surface area (Å²) in [7, 11) is 3.04. The zero-order chi connectivity index (χ0) is 15.6. The first kappa shape index (κ1) is 15.2. The molecule has 1 N–H and O–H groups in total. The van der Waals surface area contributed by atoms with Crippen LogP contribution in [0, 0.1) is 6.92 Å². The topological polar surface area (TPSA) is 55.8 Å². The zero-order valence-electron chi connectivity index (χ0n) is 11.9. The lowest BCUT2D eigenvalue weighted by molar-refractivity contribution is 0.0697. The van der Waals surface area contributed by atoms with Crippen molar-refractivity contribution in [3.63, 3.8) is 0 Å². The summed E-state index contributed by atoms with van der Waals surface area (Å²) < 4.78 is 10.5. The molecule has 0 aliphatic rings. The molecule has 2 aromatic carbocycles. The average Bonchev–Trinajstić information content (AvgIpc) is 2.47. The van der Waals surface area contributed by atoms with Gasteiger partial charge in [-0.3, -0.25) is 0 Å². The summed E-state index contributed by atoms with van der Waals surface area (Å²) in [6.45, 7) is 1.90. The molecular formula is C16H15ClO4. The van der Waals surface area contributed by atoms with Crippen molar-refractivity contribution in [2.24, 2.45) is 0 Å². The molecule has 0 radical (unpaired) electrons. The van der Waals surface area contributed by atoms with Crippen molar-refractivity contribution < 1.29 is 19.4 Å². The first-order valence-corrected chi connectivity index (χ1v) is 6.62. The standard InChI is InChI=1S/C16H15ClO4/c1-9-4-5-10(16(18)19)8-12(9)11-6-7-13(20-2)14(17)15(11)21-3/h4-8H,1-3H3,(H,18,19). The molecule has 0 amide bonds. The Balaban J connectivity index is 2.69. The van der Waals surface area contributed by atoms with Crippen molar-refractivity contribution in [1.29, 1.82) is 0 Å². The minimum Gasteiger partial charge on any atom is -0.495 e. The first-order valence-electron chi connectivity index (χ1n) is 6.24. The van der Waals surface area contributed by atoms with Crippen LogP contribution in [0.25, 0.3) is 11.1 Å². The van der Waals surface area contributed by atoms with Crippen molar-refractivity contribution in [3.05, 3.63) is 46.5 Å². The van der Waals surface area contributed by atoms with Crippen LogP contribution in [-0.2, 0) is 0 Å². The van der Waals surface area contributed by atoms with Crippen LogP contribution >= 0.6 is 11.6 Å². The maximum absolute atomic E-state index is 11.1. The van der Waals surface area contributed by atoms with Crippen LogP contribution in [0.1, 0.15) is 15.9 Å². The number of hydrogen-bond acceptors (Lipinski definition) is 3. The summed E-state index contributed by atoms with van der Waals surface area (Å²) in [4.78, 5) is 11.1. The smallest absolute Gasteiger partial charge is 0.335 e. The van der Waals surface area contributed by atoms with Crippen molar-refractivity contribution >= 4 is 17.6 Å². The number of benzene rings is 2. The normalized spacial score (nSPS) is 10.3. The number of carboxylic acid groups (broad SMARTS) is 1. The molecule has 0 aromatic heterocycles. The Hall–Kier alpha value is -2.20. The van der Waals surface area contributed by atoms with E-state index in [-0.39, 0.29) is 5.56 Å². The number of hydrogen-bond donors (Lipinski definition) is 1. The van der Waals surface area contributed by atoms with Gasteiger partial charge in [0.2, 0.25) is 0 Å². The van der Waals surface area contributed by atoms with Crippen LogP contribution in [0.4, 0.5) is 0 Å². The number of carboxylic acids is 1. The molecule has 0 aliphatic heterocycles. The second-order valence-electron chi connectivity index (χ2n) is 4.50. The predicted molar refractivity (Wildman–Crippen MR) is 81.7 cm³/mol. The van der Waals surface area contributed by atoms with Crippen LogP contribution in [0.3, 0.4) is 0 Å². The van der Waals surface area contributed by atoms with Crippen LogP contribution in [0.15, 0.2) is 30.3 Å². The van der Waals surface area contributed by atoms with Crippen LogP contribution < -0.4 is 9.47 Å². The van der Waals surface area contributed by atoms with Gasteiger partial charge in [0.15, 0.2) is 0 Å². The molecule has 2 rings (SSSR count). The van der Waals surface area contributed by atoms with Crippen molar-refractivity contribution in [3.8, 4) is 22.6 Å². The Morgan fingerprint density at radius 2 is 1.81 bits per heavy atom. The van der Waals surface area contributed by atoms with Gasteiger partial charge in [-0.2, -0.15) is 0 Å². The van der Waals surface area contributed by atoms with Crippen molar-refractivity contribution in [2.75, 3.05) is 14.2 Å². The lowest BCUT2D eigenvalue weighted by Gasteiger charge is -2.15. The van der Waals surface area contributed by atoms with E-state index in [0.717, 1.165) is 16.7 Å². The van der Waals surface area contributed by atoms with Gasteiger partial charge in [0.25, 0.3) is 0 Å². The number of aromatic carboxylic acids is 1. The summed E-state index contributed by atoms with van der Waals surface area (Å²) in [5.41, 5.74) is 2.63. The number of carbonyl (C=O) groups is 1. The van der Waals surface area contributed by atoms with E-state index in [1.54, 1.807) is 30.3 Å². The molecule has 0 saturated heterocycles. The number of methoxy groups -OCH3 is 2. The fourth-order valence-corrected chi connectivity index (χ4v) is 2.47. The Morgan fingerprint density at radius 3 is 2.38 bits per heavy atom. The van der Waals surface area contributed by atoms with E-state index in [4.69, 9.17) is 26.2 Å². The molecule has 21 heavy (non-hydrogen) atoms. The van der Waals surface area contributed by atoms with Crippen LogP contribution in [-0.4, -0.2) is 25.3 Å². The maximum Gasteiger partial charge on any atom is 0.335 e. The van der Waals surface area contributed by atoms with Gasteiger partial charge in [0, 0.05) is 5.56 Å². The number of ether oxygens (including phenoxy) is 2. The summed E-state index contributed by atoms with van der Waals surface area (Å²) >= 11 is 6.25. The second-order valence-corrected chi connectivity index (χ2v) is 4.88. The second kappa shape index (κ2) is 6.06. The summed E-state index contributed by atoms with van der Waals surface area (Å²) in [5, 5.41) is 9.49. The van der Waals surface area contributed by atoms with E-state index >= 15 is 0 Å². The van der Waals surface area contributed by atoms with E-state index in [9.17, 15) is 4.79 Å². The van der Waals surface area contributed by atoms with Gasteiger partial charge in [-0.1, -0.05) is 17.7 Å². The summed E-state index contributed by atoms with van der Waals surface area (Å²) in [6.07, 6.45) is 0. The number of halogens is 1. The van der Waals surface area contributed by atoms with E-state index in [1.165, 1.54) is 14.2 Å². The highest BCUT2D eigenvalue weighted by molar-refractivity contribution is 6.34. The molecule has 110 valence electrons. The highest BCUT2D eigenvalue weighted by atomic mass is 35.5. The number of rotatable bonds is 4.